The number of rotatable bonds is 15. The van der Waals surface area contributed by atoms with Gasteiger partial charge in [-0.25, -0.2) is 0 Å². The van der Waals surface area contributed by atoms with Gasteiger partial charge in [-0.2, -0.15) is 5.10 Å². The van der Waals surface area contributed by atoms with Crippen LogP contribution in [0.1, 0.15) is 64.1 Å². The van der Waals surface area contributed by atoms with E-state index in [2.05, 4.69) is 64.5 Å². The van der Waals surface area contributed by atoms with Gasteiger partial charge in [0.2, 0.25) is 5.91 Å². The molecule has 1 saturated heterocycles. The molecule has 1 fully saturated rings. The molecular weight excluding hydrogens is 554 g/mol. The van der Waals surface area contributed by atoms with E-state index in [-0.39, 0.29) is 11.5 Å². The number of anilines is 2. The first-order chi connectivity index (χ1) is 21.1. The summed E-state index contributed by atoms with van der Waals surface area (Å²) in [5.74, 6) is -0.258. The van der Waals surface area contributed by atoms with Crippen molar-refractivity contribution < 1.29 is 9.59 Å². The number of nitrogens with zero attached hydrogens (tertiary/aromatic N) is 6. The number of amides is 2. The van der Waals surface area contributed by atoms with Gasteiger partial charge in [-0.3, -0.25) is 29.1 Å². The number of pyridine rings is 1. The van der Waals surface area contributed by atoms with Crippen LogP contribution in [0.15, 0.2) is 46.9 Å². The molecule has 3 heterocycles. The Labute approximate surface area is 262 Å². The highest BCUT2D eigenvalue weighted by atomic mass is 16.2. The minimum atomic E-state index is -0.452. The second-order valence-corrected chi connectivity index (χ2v) is 11.8. The van der Waals surface area contributed by atoms with E-state index in [0.717, 1.165) is 69.3 Å². The van der Waals surface area contributed by atoms with Crippen molar-refractivity contribution in [2.45, 2.75) is 66.3 Å². The normalized spacial score (nSPS) is 15.8. The summed E-state index contributed by atoms with van der Waals surface area (Å²) < 4.78 is 1.93. The van der Waals surface area contributed by atoms with Gasteiger partial charge in [0.25, 0.3) is 5.91 Å². The van der Waals surface area contributed by atoms with E-state index in [1.165, 1.54) is 6.42 Å². The Hall–Kier alpha value is -3.96. The number of nitrogens with one attached hydrogen (secondary N) is 3. The third-order valence-electron chi connectivity index (χ3n) is 7.65. The number of aryl methyl sites for hydroxylation is 2. The predicted octanol–water partition coefficient (Wildman–Crippen LogP) is 5.03. The lowest BCUT2D eigenvalue weighted by molar-refractivity contribution is -0.117. The van der Waals surface area contributed by atoms with Crippen LogP contribution in [0.3, 0.4) is 0 Å². The highest BCUT2D eigenvalue weighted by Crippen LogP contribution is 2.21. The molecule has 2 amide bonds. The Morgan fingerprint density at radius 1 is 1.18 bits per heavy atom. The summed E-state index contributed by atoms with van der Waals surface area (Å²) in [6.07, 6.45) is 15.5. The molecule has 0 radical (unpaired) electrons. The van der Waals surface area contributed by atoms with E-state index in [9.17, 15) is 9.59 Å². The average Bonchev–Trinajstić information content (AvgIpc) is 3.46. The van der Waals surface area contributed by atoms with Crippen molar-refractivity contribution in [3.63, 3.8) is 0 Å². The van der Waals surface area contributed by atoms with Crippen molar-refractivity contribution in [2.24, 2.45) is 10.9 Å². The topological polar surface area (TPSA) is 132 Å². The lowest BCUT2D eigenvalue weighted by Gasteiger charge is -2.25. The minimum Gasteiger partial charge on any atom is -0.324 e. The molecule has 11 nitrogen and oxygen atoms in total. The molecule has 1 aliphatic heterocycles. The van der Waals surface area contributed by atoms with Crippen LogP contribution in [0.25, 0.3) is 5.70 Å². The summed E-state index contributed by atoms with van der Waals surface area (Å²) in [5.41, 5.74) is 3.97. The van der Waals surface area contributed by atoms with E-state index in [1.807, 2.05) is 17.1 Å². The fourth-order valence-corrected chi connectivity index (χ4v) is 4.80. The number of hydrogen-bond donors (Lipinski definition) is 3. The van der Waals surface area contributed by atoms with E-state index < -0.39 is 5.91 Å². The minimum absolute atomic E-state index is 0.109. The maximum Gasteiger partial charge on any atom is 0.257 e. The molecule has 238 valence electrons. The Balaban J connectivity index is 1.73. The molecule has 1 aliphatic rings. The van der Waals surface area contributed by atoms with Gasteiger partial charge < -0.3 is 20.9 Å². The Morgan fingerprint density at radius 2 is 1.93 bits per heavy atom. The zero-order valence-electron chi connectivity index (χ0n) is 27.2. The summed E-state index contributed by atoms with van der Waals surface area (Å²) in [6, 6.07) is 1.70. The van der Waals surface area contributed by atoms with Crippen molar-refractivity contribution in [1.82, 2.24) is 24.6 Å². The SMILES string of the molecule is CCC(C)\C=C(/N=C\C(C)=C(\C=N)C(=O)Nc1cc(NC(=O)CN2CCCCC2)cnc1C)c1cnn(CCCN(C)C)c1. The summed E-state index contributed by atoms with van der Waals surface area (Å²) in [4.78, 5) is 39.3. The summed E-state index contributed by atoms with van der Waals surface area (Å²) in [7, 11) is 4.11. The number of allylic oxidation sites excluding steroid dienone is 2. The van der Waals surface area contributed by atoms with Crippen LogP contribution in [-0.4, -0.2) is 89.1 Å². The molecule has 0 saturated carbocycles. The third kappa shape index (κ3) is 10.9. The first-order valence-electron chi connectivity index (χ1n) is 15.5. The zero-order chi connectivity index (χ0) is 32.1. The fraction of sp³-hybridized carbons (Fsp3) is 0.515. The van der Waals surface area contributed by atoms with E-state index in [0.29, 0.717) is 35.1 Å². The van der Waals surface area contributed by atoms with E-state index in [4.69, 9.17) is 10.4 Å². The van der Waals surface area contributed by atoms with Crippen LogP contribution < -0.4 is 10.6 Å². The van der Waals surface area contributed by atoms with E-state index >= 15 is 0 Å². The number of hydrogen-bond acceptors (Lipinski definition) is 8. The molecular formula is C33H49N9O2. The van der Waals surface area contributed by atoms with Crippen molar-refractivity contribution in [3.8, 4) is 0 Å². The third-order valence-corrected chi connectivity index (χ3v) is 7.65. The molecule has 0 bridgehead atoms. The molecule has 0 aromatic carbocycles. The smallest absolute Gasteiger partial charge is 0.257 e. The molecule has 1 atom stereocenters. The van der Waals surface area contributed by atoms with Crippen molar-refractivity contribution >= 4 is 41.3 Å². The molecule has 44 heavy (non-hydrogen) atoms. The average molecular weight is 604 g/mol. The molecule has 1 unspecified atom stereocenters. The van der Waals surface area contributed by atoms with Crippen molar-refractivity contribution in [1.29, 1.82) is 5.41 Å². The molecule has 0 spiro atoms. The first kappa shape index (κ1) is 34.5. The molecule has 0 aliphatic carbocycles. The van der Waals surface area contributed by atoms with Crippen LogP contribution in [0.2, 0.25) is 0 Å². The summed E-state index contributed by atoms with van der Waals surface area (Å²) >= 11 is 0. The van der Waals surface area contributed by atoms with Gasteiger partial charge in [0.1, 0.15) is 0 Å². The van der Waals surface area contributed by atoms with Crippen molar-refractivity contribution in [2.75, 3.05) is 50.9 Å². The highest BCUT2D eigenvalue weighted by molar-refractivity contribution is 6.20. The molecule has 2 aromatic rings. The predicted molar refractivity (Wildman–Crippen MR) is 179 cm³/mol. The van der Waals surface area contributed by atoms with Gasteiger partial charge in [0.05, 0.1) is 47.3 Å². The quantitative estimate of drug-likeness (QED) is 0.193. The van der Waals surface area contributed by atoms with Crippen molar-refractivity contribution in [3.05, 3.63) is 53.1 Å². The zero-order valence-corrected chi connectivity index (χ0v) is 27.2. The molecule has 3 rings (SSSR count). The fourth-order valence-electron chi connectivity index (χ4n) is 4.80. The van der Waals surface area contributed by atoms with Crippen LogP contribution in [0.4, 0.5) is 11.4 Å². The van der Waals surface area contributed by atoms with Gasteiger partial charge in [0.15, 0.2) is 0 Å². The van der Waals surface area contributed by atoms with Gasteiger partial charge >= 0.3 is 0 Å². The lowest BCUT2D eigenvalue weighted by atomic mass is 10.1. The van der Waals surface area contributed by atoms with Crippen LogP contribution >= 0.6 is 0 Å². The van der Waals surface area contributed by atoms with Crippen LogP contribution in [0, 0.1) is 18.3 Å². The van der Waals surface area contributed by atoms with Gasteiger partial charge in [-0.15, -0.1) is 0 Å². The number of carbonyl (C=O) groups is 2. The maximum atomic E-state index is 13.3. The summed E-state index contributed by atoms with van der Waals surface area (Å²) in [6.45, 7) is 11.8. The standard InChI is InChI=1S/C33H49N9O2/c1-7-24(2)16-31(27-20-37-42(22-27)15-11-12-40(5)6)36-19-25(3)29(18-34)33(44)39-30-17-28(21-35-26(30)4)38-32(43)23-41-13-9-8-10-14-41/h16-22,24,34H,7-15,23H2,1-6H3,(H,38,43)(H,39,44)/b29-25-,31-16-,34-18?,36-19-. The van der Waals surface area contributed by atoms with Gasteiger partial charge in [-0.05, 0) is 84.4 Å². The number of carbonyl (C=O) groups excluding carboxylic acids is 2. The number of aliphatic imine (C=N–C) groups is 1. The maximum absolute atomic E-state index is 13.3. The Kier molecular flexibility index (Phi) is 13.6. The molecule has 2 aromatic heterocycles. The Morgan fingerprint density at radius 3 is 2.61 bits per heavy atom. The number of likely N-dealkylation sites (tertiary alicyclic amines) is 1. The number of aromatic nitrogens is 3. The Bertz CT molecular complexity index is 1370. The lowest BCUT2D eigenvalue weighted by Crippen LogP contribution is -2.36. The highest BCUT2D eigenvalue weighted by Gasteiger charge is 2.16. The number of piperidine rings is 1. The second kappa shape index (κ2) is 17.4. The monoisotopic (exact) mass is 603 g/mol. The van der Waals surface area contributed by atoms with E-state index in [1.54, 1.807) is 32.3 Å². The largest absolute Gasteiger partial charge is 0.324 e. The molecule has 3 N–H and O–H groups in total. The summed E-state index contributed by atoms with van der Waals surface area (Å²) in [5, 5.41) is 18.3. The molecule has 11 heteroatoms. The van der Waals surface area contributed by atoms with Crippen LogP contribution in [0.5, 0.6) is 0 Å². The van der Waals surface area contributed by atoms with Gasteiger partial charge in [0, 0.05) is 30.7 Å². The van der Waals surface area contributed by atoms with Gasteiger partial charge in [-0.1, -0.05) is 32.8 Å². The van der Waals surface area contributed by atoms with Crippen LogP contribution in [-0.2, 0) is 16.1 Å². The first-order valence-corrected chi connectivity index (χ1v) is 15.5. The second-order valence-electron chi connectivity index (χ2n) is 11.8.